The van der Waals surface area contributed by atoms with Gasteiger partial charge in [0.1, 0.15) is 0 Å². The molecule has 2 heterocycles. The molecule has 0 aliphatic heterocycles. The summed E-state index contributed by atoms with van der Waals surface area (Å²) in [6.07, 6.45) is 3.41. The van der Waals surface area contributed by atoms with Crippen molar-refractivity contribution < 1.29 is 4.42 Å². The molecule has 0 radical (unpaired) electrons. The summed E-state index contributed by atoms with van der Waals surface area (Å²) in [5.41, 5.74) is 1.04. The Balaban J connectivity index is 2.45. The zero-order valence-corrected chi connectivity index (χ0v) is 6.16. The topological polar surface area (TPSA) is 41.8 Å². The van der Waals surface area contributed by atoms with Gasteiger partial charge in [-0.05, 0) is 19.1 Å². The number of nitrogens with one attached hydrogen (secondary N) is 1. The van der Waals surface area contributed by atoms with Crippen LogP contribution in [-0.4, -0.2) is 9.97 Å². The van der Waals surface area contributed by atoms with Gasteiger partial charge in [0.25, 0.3) is 0 Å². The Morgan fingerprint density at radius 3 is 3.00 bits per heavy atom. The molecule has 1 N–H and O–H groups in total. The second-order valence-corrected chi connectivity index (χ2v) is 2.39. The van der Waals surface area contributed by atoms with Gasteiger partial charge in [-0.3, -0.25) is 0 Å². The second-order valence-electron chi connectivity index (χ2n) is 2.39. The summed E-state index contributed by atoms with van der Waals surface area (Å²) in [7, 11) is 0. The van der Waals surface area contributed by atoms with E-state index in [2.05, 4.69) is 9.97 Å². The van der Waals surface area contributed by atoms with Crippen LogP contribution in [0.5, 0.6) is 0 Å². The Morgan fingerprint density at radius 2 is 2.45 bits per heavy atom. The molecule has 2 rings (SSSR count). The van der Waals surface area contributed by atoms with Gasteiger partial charge in [-0.2, -0.15) is 0 Å². The van der Waals surface area contributed by atoms with Crippen LogP contribution in [0.4, 0.5) is 0 Å². The molecule has 0 unspecified atom stereocenters. The van der Waals surface area contributed by atoms with Crippen molar-refractivity contribution >= 4 is 0 Å². The second kappa shape index (κ2) is 2.27. The summed E-state index contributed by atoms with van der Waals surface area (Å²) in [5.74, 6) is 1.56. The van der Waals surface area contributed by atoms with Gasteiger partial charge in [-0.1, -0.05) is 0 Å². The average Bonchev–Trinajstić information content (AvgIpc) is 2.55. The summed E-state index contributed by atoms with van der Waals surface area (Å²) >= 11 is 0. The van der Waals surface area contributed by atoms with Crippen LogP contribution < -0.4 is 0 Å². The highest BCUT2D eigenvalue weighted by Gasteiger charge is 2.01. The molecule has 56 valence electrons. The van der Waals surface area contributed by atoms with Crippen LogP contribution in [0, 0.1) is 6.92 Å². The van der Waals surface area contributed by atoms with E-state index in [0.29, 0.717) is 0 Å². The number of hydrogen-bond acceptors (Lipinski definition) is 2. The largest absolute Gasteiger partial charge is 0.461 e. The van der Waals surface area contributed by atoms with Crippen molar-refractivity contribution in [3.63, 3.8) is 0 Å². The predicted octanol–water partition coefficient (Wildman–Crippen LogP) is 1.98. The minimum Gasteiger partial charge on any atom is -0.461 e. The minimum atomic E-state index is 0.776. The Kier molecular flexibility index (Phi) is 1.28. The first-order valence-electron chi connectivity index (χ1n) is 3.42. The van der Waals surface area contributed by atoms with Crippen LogP contribution in [0.1, 0.15) is 5.69 Å². The normalized spacial score (nSPS) is 10.3. The zero-order chi connectivity index (χ0) is 7.68. The molecular formula is C8H8N2O. The van der Waals surface area contributed by atoms with E-state index in [4.69, 9.17) is 4.42 Å². The highest BCUT2D eigenvalue weighted by molar-refractivity contribution is 5.46. The number of aromatic nitrogens is 2. The number of rotatable bonds is 1. The zero-order valence-electron chi connectivity index (χ0n) is 6.16. The van der Waals surface area contributed by atoms with Gasteiger partial charge >= 0.3 is 0 Å². The highest BCUT2D eigenvalue weighted by atomic mass is 16.3. The molecule has 3 heteroatoms. The number of hydrogen-bond donors (Lipinski definition) is 1. The molecule has 0 aliphatic rings. The molecule has 0 saturated carbocycles. The number of aromatic amines is 1. The summed E-state index contributed by atoms with van der Waals surface area (Å²) in [4.78, 5) is 7.18. The molecule has 11 heavy (non-hydrogen) atoms. The van der Waals surface area contributed by atoms with E-state index >= 15 is 0 Å². The summed E-state index contributed by atoms with van der Waals surface area (Å²) in [5, 5.41) is 0. The van der Waals surface area contributed by atoms with Crippen molar-refractivity contribution in [2.75, 3.05) is 0 Å². The van der Waals surface area contributed by atoms with E-state index in [0.717, 1.165) is 17.3 Å². The number of imidazole rings is 1. The first-order chi connectivity index (χ1) is 5.36. The van der Waals surface area contributed by atoms with E-state index < -0.39 is 0 Å². The molecule has 0 spiro atoms. The molecule has 0 aliphatic carbocycles. The van der Waals surface area contributed by atoms with E-state index in [1.807, 2.05) is 19.1 Å². The van der Waals surface area contributed by atoms with Gasteiger partial charge in [0.2, 0.25) is 0 Å². The Bertz CT molecular complexity index is 335. The van der Waals surface area contributed by atoms with Crippen molar-refractivity contribution in [3.05, 3.63) is 30.3 Å². The highest BCUT2D eigenvalue weighted by Crippen LogP contribution is 2.14. The van der Waals surface area contributed by atoms with Gasteiger partial charge in [0, 0.05) is 11.9 Å². The van der Waals surface area contributed by atoms with Crippen LogP contribution in [0.2, 0.25) is 0 Å². The van der Waals surface area contributed by atoms with E-state index in [-0.39, 0.29) is 0 Å². The van der Waals surface area contributed by atoms with Gasteiger partial charge in [-0.25, -0.2) is 4.98 Å². The lowest BCUT2D eigenvalue weighted by Gasteiger charge is -1.86. The SMILES string of the molecule is Cc1cnc(-c2ccco2)[nH]1. The van der Waals surface area contributed by atoms with E-state index in [1.165, 1.54) is 0 Å². The molecule has 0 atom stereocenters. The molecule has 0 bridgehead atoms. The molecule has 0 amide bonds. The standard InChI is InChI=1S/C8H8N2O/c1-6-5-9-8(10-6)7-3-2-4-11-7/h2-5H,1H3,(H,9,10). The first kappa shape index (κ1) is 6.22. The third-order valence-corrected chi connectivity index (χ3v) is 1.46. The molecule has 0 aromatic carbocycles. The lowest BCUT2D eigenvalue weighted by atomic mass is 10.4. The lowest BCUT2D eigenvalue weighted by Crippen LogP contribution is -1.74. The monoisotopic (exact) mass is 148 g/mol. The van der Waals surface area contributed by atoms with Crippen LogP contribution in [0.3, 0.4) is 0 Å². The summed E-state index contributed by atoms with van der Waals surface area (Å²) in [6, 6.07) is 3.71. The van der Waals surface area contributed by atoms with Gasteiger partial charge in [0.15, 0.2) is 11.6 Å². The molecule has 2 aromatic rings. The fourth-order valence-corrected chi connectivity index (χ4v) is 0.951. The summed E-state index contributed by atoms with van der Waals surface area (Å²) in [6.45, 7) is 1.96. The molecule has 0 saturated heterocycles. The molecule has 0 fully saturated rings. The Labute approximate surface area is 64.1 Å². The van der Waals surface area contributed by atoms with Crippen molar-refractivity contribution in [2.24, 2.45) is 0 Å². The van der Waals surface area contributed by atoms with Crippen LogP contribution in [0.15, 0.2) is 29.0 Å². The van der Waals surface area contributed by atoms with Crippen molar-refractivity contribution in [3.8, 4) is 11.6 Å². The predicted molar refractivity (Wildman–Crippen MR) is 41.0 cm³/mol. The minimum absolute atomic E-state index is 0.776. The van der Waals surface area contributed by atoms with E-state index in [1.54, 1.807) is 12.5 Å². The third kappa shape index (κ3) is 1.05. The first-order valence-corrected chi connectivity index (χ1v) is 3.42. The van der Waals surface area contributed by atoms with Crippen molar-refractivity contribution in [1.29, 1.82) is 0 Å². The quantitative estimate of drug-likeness (QED) is 0.671. The van der Waals surface area contributed by atoms with Crippen LogP contribution in [0.25, 0.3) is 11.6 Å². The van der Waals surface area contributed by atoms with E-state index in [9.17, 15) is 0 Å². The fraction of sp³-hybridized carbons (Fsp3) is 0.125. The Hall–Kier alpha value is -1.51. The molecule has 3 nitrogen and oxygen atoms in total. The summed E-state index contributed by atoms with van der Waals surface area (Å²) < 4.78 is 5.14. The molecular weight excluding hydrogens is 140 g/mol. The maximum absolute atomic E-state index is 5.14. The maximum atomic E-state index is 5.14. The third-order valence-electron chi connectivity index (χ3n) is 1.46. The van der Waals surface area contributed by atoms with Gasteiger partial charge in [0.05, 0.1) is 6.26 Å². The fourth-order valence-electron chi connectivity index (χ4n) is 0.951. The van der Waals surface area contributed by atoms with Crippen molar-refractivity contribution in [1.82, 2.24) is 9.97 Å². The average molecular weight is 148 g/mol. The van der Waals surface area contributed by atoms with Crippen molar-refractivity contribution in [2.45, 2.75) is 6.92 Å². The van der Waals surface area contributed by atoms with Gasteiger partial charge < -0.3 is 9.40 Å². The van der Waals surface area contributed by atoms with Gasteiger partial charge in [-0.15, -0.1) is 0 Å². The number of aryl methyl sites for hydroxylation is 1. The molecule has 2 aromatic heterocycles. The number of nitrogens with zero attached hydrogens (tertiary/aromatic N) is 1. The van der Waals surface area contributed by atoms with Crippen LogP contribution in [-0.2, 0) is 0 Å². The van der Waals surface area contributed by atoms with Crippen LogP contribution >= 0.6 is 0 Å². The number of furan rings is 1. The lowest BCUT2D eigenvalue weighted by molar-refractivity contribution is 0.578. The maximum Gasteiger partial charge on any atom is 0.173 e. The number of H-pyrrole nitrogens is 1. The smallest absolute Gasteiger partial charge is 0.173 e. The Morgan fingerprint density at radius 1 is 1.55 bits per heavy atom.